The van der Waals surface area contributed by atoms with E-state index >= 15 is 0 Å². The van der Waals surface area contributed by atoms with Gasteiger partial charge in [0, 0.05) is 18.5 Å². The molecule has 0 aliphatic heterocycles. The second-order valence-corrected chi connectivity index (χ2v) is 6.34. The van der Waals surface area contributed by atoms with E-state index in [9.17, 15) is 4.79 Å². The first-order valence-electron chi connectivity index (χ1n) is 6.71. The van der Waals surface area contributed by atoms with Crippen molar-refractivity contribution in [2.24, 2.45) is 23.5 Å². The molecule has 0 saturated heterocycles. The number of hydrogen-bond donors (Lipinski definition) is 2. The molecule has 3 N–H and O–H groups in total. The minimum Gasteiger partial charge on any atom is -0.350 e. The SMILES string of the molecule is CC(C)CC(C)(CN)NC(=O)CC(C)C(C)C. The molecule has 0 fully saturated rings. The Morgan fingerprint density at radius 1 is 1.24 bits per heavy atom. The van der Waals surface area contributed by atoms with Crippen LogP contribution in [0, 0.1) is 17.8 Å². The van der Waals surface area contributed by atoms with E-state index in [1.807, 2.05) is 6.92 Å². The Morgan fingerprint density at radius 2 is 1.76 bits per heavy atom. The number of amides is 1. The van der Waals surface area contributed by atoms with Crippen molar-refractivity contribution >= 4 is 5.91 Å². The predicted octanol–water partition coefficient (Wildman–Crippen LogP) is 2.55. The summed E-state index contributed by atoms with van der Waals surface area (Å²) in [4.78, 5) is 11.9. The van der Waals surface area contributed by atoms with Gasteiger partial charge in [-0.2, -0.15) is 0 Å². The number of nitrogens with one attached hydrogen (secondary N) is 1. The second-order valence-electron chi connectivity index (χ2n) is 6.34. The van der Waals surface area contributed by atoms with E-state index in [0.29, 0.717) is 30.7 Å². The van der Waals surface area contributed by atoms with Gasteiger partial charge >= 0.3 is 0 Å². The summed E-state index contributed by atoms with van der Waals surface area (Å²) in [5.74, 6) is 1.61. The maximum absolute atomic E-state index is 11.9. The van der Waals surface area contributed by atoms with Crippen LogP contribution < -0.4 is 11.1 Å². The lowest BCUT2D eigenvalue weighted by molar-refractivity contribution is -0.124. The summed E-state index contributed by atoms with van der Waals surface area (Å²) in [5.41, 5.74) is 5.52. The molecule has 0 aliphatic rings. The van der Waals surface area contributed by atoms with Crippen LogP contribution >= 0.6 is 0 Å². The molecule has 0 bridgehead atoms. The highest BCUT2D eigenvalue weighted by Crippen LogP contribution is 2.18. The van der Waals surface area contributed by atoms with Crippen molar-refractivity contribution < 1.29 is 4.79 Å². The van der Waals surface area contributed by atoms with Gasteiger partial charge in [-0.05, 0) is 31.1 Å². The molecule has 3 heteroatoms. The maximum atomic E-state index is 11.9. The van der Waals surface area contributed by atoms with E-state index in [1.54, 1.807) is 0 Å². The number of carbonyl (C=O) groups is 1. The quantitative estimate of drug-likeness (QED) is 0.721. The third-order valence-corrected chi connectivity index (χ3v) is 3.40. The molecule has 0 aromatic rings. The second kappa shape index (κ2) is 7.00. The Kier molecular flexibility index (Phi) is 6.76. The highest BCUT2D eigenvalue weighted by atomic mass is 16.1. The third-order valence-electron chi connectivity index (χ3n) is 3.40. The summed E-state index contributed by atoms with van der Waals surface area (Å²) in [6, 6.07) is 0. The Morgan fingerprint density at radius 3 is 2.12 bits per heavy atom. The summed E-state index contributed by atoms with van der Waals surface area (Å²) in [5, 5.41) is 3.10. The number of nitrogens with two attached hydrogens (primary N) is 1. The first kappa shape index (κ1) is 16.4. The van der Waals surface area contributed by atoms with E-state index in [-0.39, 0.29) is 11.4 Å². The monoisotopic (exact) mass is 242 g/mol. The molecule has 0 radical (unpaired) electrons. The van der Waals surface area contributed by atoms with Crippen LogP contribution in [-0.4, -0.2) is 18.0 Å². The van der Waals surface area contributed by atoms with E-state index < -0.39 is 0 Å². The summed E-state index contributed by atoms with van der Waals surface area (Å²) in [6.07, 6.45) is 1.51. The molecule has 0 rings (SSSR count). The summed E-state index contributed by atoms with van der Waals surface area (Å²) < 4.78 is 0. The zero-order valence-corrected chi connectivity index (χ0v) is 12.3. The smallest absolute Gasteiger partial charge is 0.220 e. The van der Waals surface area contributed by atoms with E-state index in [0.717, 1.165) is 6.42 Å². The van der Waals surface area contributed by atoms with Crippen molar-refractivity contribution in [3.63, 3.8) is 0 Å². The van der Waals surface area contributed by atoms with Crippen molar-refractivity contribution in [2.45, 2.75) is 59.9 Å². The number of carbonyl (C=O) groups excluding carboxylic acids is 1. The third kappa shape index (κ3) is 6.67. The van der Waals surface area contributed by atoms with Gasteiger partial charge in [0.1, 0.15) is 0 Å². The summed E-state index contributed by atoms with van der Waals surface area (Å²) in [7, 11) is 0. The molecule has 3 nitrogen and oxygen atoms in total. The maximum Gasteiger partial charge on any atom is 0.220 e. The number of rotatable bonds is 7. The van der Waals surface area contributed by atoms with Crippen LogP contribution in [-0.2, 0) is 4.79 Å². The Balaban J connectivity index is 4.33. The minimum atomic E-state index is -0.262. The Hall–Kier alpha value is -0.570. The molecule has 0 saturated carbocycles. The summed E-state index contributed by atoms with van der Waals surface area (Å²) >= 11 is 0. The molecule has 0 spiro atoms. The largest absolute Gasteiger partial charge is 0.350 e. The zero-order valence-electron chi connectivity index (χ0n) is 12.3. The molecule has 2 unspecified atom stereocenters. The van der Waals surface area contributed by atoms with E-state index in [4.69, 9.17) is 5.73 Å². The highest BCUT2D eigenvalue weighted by molar-refractivity contribution is 5.77. The van der Waals surface area contributed by atoms with Crippen LogP contribution in [0.4, 0.5) is 0 Å². The normalized spacial score (nSPS) is 17.0. The first-order chi connectivity index (χ1) is 7.70. The van der Waals surface area contributed by atoms with E-state index in [2.05, 4.69) is 39.9 Å². The summed E-state index contributed by atoms with van der Waals surface area (Å²) in [6.45, 7) is 13.2. The molecule has 0 heterocycles. The fourth-order valence-electron chi connectivity index (χ4n) is 2.00. The molecule has 2 atom stereocenters. The first-order valence-corrected chi connectivity index (χ1v) is 6.71. The van der Waals surface area contributed by atoms with E-state index in [1.165, 1.54) is 0 Å². The van der Waals surface area contributed by atoms with Gasteiger partial charge in [0.25, 0.3) is 0 Å². The van der Waals surface area contributed by atoms with Crippen molar-refractivity contribution in [3.8, 4) is 0 Å². The van der Waals surface area contributed by atoms with Crippen LogP contribution in [0.5, 0.6) is 0 Å². The fraction of sp³-hybridized carbons (Fsp3) is 0.929. The molecular formula is C14H30N2O. The van der Waals surface area contributed by atoms with Gasteiger partial charge in [0.15, 0.2) is 0 Å². The molecule has 0 aromatic heterocycles. The van der Waals surface area contributed by atoms with Crippen LogP contribution in [0.25, 0.3) is 0 Å². The van der Waals surface area contributed by atoms with Gasteiger partial charge in [0.05, 0.1) is 0 Å². The van der Waals surface area contributed by atoms with Crippen molar-refractivity contribution in [1.29, 1.82) is 0 Å². The van der Waals surface area contributed by atoms with Gasteiger partial charge in [-0.25, -0.2) is 0 Å². The van der Waals surface area contributed by atoms with Crippen molar-refractivity contribution in [2.75, 3.05) is 6.54 Å². The molecule has 1 amide bonds. The van der Waals surface area contributed by atoms with Crippen LogP contribution in [0.1, 0.15) is 54.4 Å². The van der Waals surface area contributed by atoms with Crippen LogP contribution in [0.15, 0.2) is 0 Å². The average molecular weight is 242 g/mol. The Bertz CT molecular complexity index is 238. The van der Waals surface area contributed by atoms with Gasteiger partial charge in [0.2, 0.25) is 5.91 Å². The highest BCUT2D eigenvalue weighted by Gasteiger charge is 2.26. The fourth-order valence-corrected chi connectivity index (χ4v) is 2.00. The van der Waals surface area contributed by atoms with Gasteiger partial charge < -0.3 is 11.1 Å². The lowest BCUT2D eigenvalue weighted by atomic mass is 9.89. The zero-order chi connectivity index (χ0) is 13.6. The molecular weight excluding hydrogens is 212 g/mol. The predicted molar refractivity (Wildman–Crippen MR) is 73.7 cm³/mol. The topological polar surface area (TPSA) is 55.1 Å². The van der Waals surface area contributed by atoms with Crippen LogP contribution in [0.3, 0.4) is 0 Å². The average Bonchev–Trinajstić information content (AvgIpc) is 2.15. The molecule has 17 heavy (non-hydrogen) atoms. The lowest BCUT2D eigenvalue weighted by Crippen LogP contribution is -2.52. The molecule has 102 valence electrons. The van der Waals surface area contributed by atoms with Crippen LogP contribution in [0.2, 0.25) is 0 Å². The van der Waals surface area contributed by atoms with Crippen molar-refractivity contribution in [3.05, 3.63) is 0 Å². The van der Waals surface area contributed by atoms with Gasteiger partial charge in [-0.1, -0.05) is 34.6 Å². The number of hydrogen-bond acceptors (Lipinski definition) is 2. The van der Waals surface area contributed by atoms with Crippen molar-refractivity contribution in [1.82, 2.24) is 5.32 Å². The molecule has 0 aliphatic carbocycles. The molecule has 0 aromatic carbocycles. The lowest BCUT2D eigenvalue weighted by Gasteiger charge is -2.32. The standard InChI is InChI=1S/C14H30N2O/c1-10(2)8-14(6,9-15)16-13(17)7-12(5)11(3)4/h10-12H,7-9,15H2,1-6H3,(H,16,17). The minimum absolute atomic E-state index is 0.125. The van der Waals surface area contributed by atoms with Gasteiger partial charge in [-0.3, -0.25) is 4.79 Å². The Labute approximate surface area is 107 Å². The van der Waals surface area contributed by atoms with Gasteiger partial charge in [-0.15, -0.1) is 0 Å².